The van der Waals surface area contributed by atoms with Crippen LogP contribution in [0.25, 0.3) is 0 Å². The van der Waals surface area contributed by atoms with Crippen molar-refractivity contribution in [3.63, 3.8) is 0 Å². The number of likely N-dealkylation sites (N-methyl/N-ethyl adjacent to an activating group) is 2. The Morgan fingerprint density at radius 2 is 1.76 bits per heavy atom. The molecule has 1 saturated carbocycles. The van der Waals surface area contributed by atoms with Crippen LogP contribution in [0.5, 0.6) is 0 Å². The van der Waals surface area contributed by atoms with Crippen LogP contribution in [0.15, 0.2) is 30.3 Å². The number of nitrogens with one attached hydrogen (secondary N) is 4. The van der Waals surface area contributed by atoms with Crippen molar-refractivity contribution in [2.24, 2.45) is 5.73 Å². The lowest BCUT2D eigenvalue weighted by Gasteiger charge is -2.58. The molecule has 0 bridgehead atoms. The molecule has 0 aromatic heterocycles. The summed E-state index contributed by atoms with van der Waals surface area (Å²) in [5.74, 6) is -3.18. The number of hydrogen-bond donors (Lipinski definition) is 8. The van der Waals surface area contributed by atoms with Gasteiger partial charge in [-0.1, -0.05) is 30.3 Å². The fourth-order valence-corrected chi connectivity index (χ4v) is 5.60. The summed E-state index contributed by atoms with van der Waals surface area (Å²) in [5.41, 5.74) is 6.29. The number of carbonyl (C=O) groups is 2. The molecule has 4 rings (SSSR count). The maximum absolute atomic E-state index is 13.5. The molecule has 0 radical (unpaired) electrons. The zero-order valence-electron chi connectivity index (χ0n) is 21.7. The highest BCUT2D eigenvalue weighted by Gasteiger charge is 2.63. The largest absolute Gasteiger partial charge is 0.390 e. The number of rotatable bonds is 8. The summed E-state index contributed by atoms with van der Waals surface area (Å²) in [6.45, 7) is 1.47. The topological polar surface area (TPSA) is 197 Å². The van der Waals surface area contributed by atoms with Crippen LogP contribution >= 0.6 is 0 Å². The van der Waals surface area contributed by atoms with E-state index in [1.54, 1.807) is 21.0 Å². The molecule has 1 aromatic carbocycles. The second-order valence-electron chi connectivity index (χ2n) is 10.1. The van der Waals surface area contributed by atoms with Crippen LogP contribution in [0.3, 0.4) is 0 Å². The molecule has 1 aromatic rings. The number of hydrogen-bond acceptors (Lipinski definition) is 11. The Labute approximate surface area is 221 Å². The molecule has 3 unspecified atom stereocenters. The summed E-state index contributed by atoms with van der Waals surface area (Å²) in [7, 11) is 3.24. The highest BCUT2D eigenvalue weighted by atomic mass is 16.8. The Morgan fingerprint density at radius 1 is 1.08 bits per heavy atom. The number of ether oxygens (including phenoxy) is 3. The molecule has 2 amide bonds. The molecular formula is C25H39N5O8. The molecule has 1 aliphatic carbocycles. The summed E-state index contributed by atoms with van der Waals surface area (Å²) >= 11 is 0. The number of benzene rings is 1. The van der Waals surface area contributed by atoms with Crippen LogP contribution in [-0.2, 0) is 30.2 Å². The van der Waals surface area contributed by atoms with E-state index in [1.165, 1.54) is 0 Å². The van der Waals surface area contributed by atoms with Gasteiger partial charge in [0.2, 0.25) is 23.9 Å². The zero-order chi connectivity index (χ0) is 27.6. The Balaban J connectivity index is 1.58. The molecule has 38 heavy (non-hydrogen) atoms. The predicted molar refractivity (Wildman–Crippen MR) is 134 cm³/mol. The third-order valence-electron chi connectivity index (χ3n) is 7.59. The van der Waals surface area contributed by atoms with Crippen molar-refractivity contribution < 1.29 is 39.1 Å². The Bertz CT molecular complexity index is 972. The van der Waals surface area contributed by atoms with Gasteiger partial charge in [-0.3, -0.25) is 9.59 Å². The maximum Gasteiger partial charge on any atom is 0.243 e. The molecule has 2 aliphatic heterocycles. The lowest BCUT2D eigenvalue weighted by Crippen LogP contribution is -2.79. The van der Waals surface area contributed by atoms with Gasteiger partial charge in [0.15, 0.2) is 0 Å². The summed E-state index contributed by atoms with van der Waals surface area (Å²) in [4.78, 5) is 25.6. The van der Waals surface area contributed by atoms with Gasteiger partial charge in [0.05, 0.1) is 36.9 Å². The Morgan fingerprint density at radius 3 is 2.39 bits per heavy atom. The molecule has 2 heterocycles. The van der Waals surface area contributed by atoms with Crippen molar-refractivity contribution in [3.05, 3.63) is 35.9 Å². The average molecular weight is 538 g/mol. The van der Waals surface area contributed by atoms with Crippen molar-refractivity contribution in [1.82, 2.24) is 21.3 Å². The van der Waals surface area contributed by atoms with Crippen molar-refractivity contribution >= 4 is 11.8 Å². The maximum atomic E-state index is 13.5. The average Bonchev–Trinajstić information content (AvgIpc) is 2.89. The first-order valence-corrected chi connectivity index (χ1v) is 12.9. The van der Waals surface area contributed by atoms with E-state index in [0.29, 0.717) is 0 Å². The second kappa shape index (κ2) is 11.9. The lowest BCUT2D eigenvalue weighted by molar-refractivity contribution is -0.449. The monoisotopic (exact) mass is 537 g/mol. The standard InChI is InChI=1S/C25H39N5O8/c1-12-9-15(30-23(34)14(29-16(31)11-26)10-13-7-5-4-6-8-13)25(35)24(36-12)37-22-20(33)17(27-2)19(32)18(28-3)21(22)38-25/h4-8,12,14-15,17-22,24,27-28,32-33,35H,9-11,26H2,1-3H3,(H,29,31)(H,30,34)/t12-,14+,15-,17-,18+,19+,20-,21?,22?,24?,25+/m1/s1. The minimum Gasteiger partial charge on any atom is -0.390 e. The summed E-state index contributed by atoms with van der Waals surface area (Å²) in [5, 5.41) is 44.9. The van der Waals surface area contributed by atoms with E-state index >= 15 is 0 Å². The molecule has 3 aliphatic rings. The van der Waals surface area contributed by atoms with E-state index < -0.39 is 78.6 Å². The van der Waals surface area contributed by atoms with Crippen LogP contribution in [0.2, 0.25) is 0 Å². The summed E-state index contributed by atoms with van der Waals surface area (Å²) in [6, 6.07) is 5.79. The van der Waals surface area contributed by atoms with Gasteiger partial charge in [0, 0.05) is 6.42 Å². The summed E-state index contributed by atoms with van der Waals surface area (Å²) < 4.78 is 18.1. The number of fused-ring (bicyclic) bond motifs is 2. The van der Waals surface area contributed by atoms with E-state index in [0.717, 1.165) is 5.56 Å². The summed E-state index contributed by atoms with van der Waals surface area (Å²) in [6.07, 6.45) is -5.52. The van der Waals surface area contributed by atoms with Crippen LogP contribution < -0.4 is 27.0 Å². The second-order valence-corrected chi connectivity index (χ2v) is 10.1. The Kier molecular flexibility index (Phi) is 9.02. The minimum absolute atomic E-state index is 0.177. The van der Waals surface area contributed by atoms with Gasteiger partial charge in [-0.05, 0) is 33.0 Å². The molecule has 2 saturated heterocycles. The smallest absolute Gasteiger partial charge is 0.243 e. The molecule has 13 heteroatoms. The number of carbonyl (C=O) groups excluding carboxylic acids is 2. The van der Waals surface area contributed by atoms with Crippen molar-refractivity contribution in [1.29, 1.82) is 0 Å². The van der Waals surface area contributed by atoms with E-state index in [1.807, 2.05) is 30.3 Å². The highest BCUT2D eigenvalue weighted by molar-refractivity contribution is 5.88. The highest BCUT2D eigenvalue weighted by Crippen LogP contribution is 2.42. The van der Waals surface area contributed by atoms with Crippen molar-refractivity contribution in [3.8, 4) is 0 Å². The molecule has 212 valence electrons. The SMILES string of the molecule is CN[C@@H]1[C@H](O)[C@H](NC)C2O[C@]3(O)C(OC2[C@@H]1O)O[C@H](C)C[C@H]3NC(=O)[C@H](Cc1ccccc1)NC(=O)CN. The first-order chi connectivity index (χ1) is 18.1. The van der Waals surface area contributed by atoms with E-state index in [4.69, 9.17) is 19.9 Å². The number of nitrogens with two attached hydrogens (primary N) is 1. The quantitative estimate of drug-likeness (QED) is 0.165. The van der Waals surface area contributed by atoms with Gasteiger partial charge in [-0.2, -0.15) is 0 Å². The van der Waals surface area contributed by atoms with Gasteiger partial charge in [0.1, 0.15) is 24.4 Å². The predicted octanol–water partition coefficient (Wildman–Crippen LogP) is -3.32. The van der Waals surface area contributed by atoms with Crippen LogP contribution in [-0.4, -0.2) is 115 Å². The normalized spacial score (nSPS) is 39.4. The van der Waals surface area contributed by atoms with Gasteiger partial charge >= 0.3 is 0 Å². The molecular weight excluding hydrogens is 498 g/mol. The lowest BCUT2D eigenvalue weighted by atomic mass is 9.79. The van der Waals surface area contributed by atoms with Gasteiger partial charge in [-0.15, -0.1) is 0 Å². The fraction of sp³-hybridized carbons (Fsp3) is 0.680. The number of aliphatic hydroxyl groups excluding tert-OH is 2. The van der Waals surface area contributed by atoms with Gasteiger partial charge < -0.3 is 56.5 Å². The van der Waals surface area contributed by atoms with Crippen LogP contribution in [0, 0.1) is 0 Å². The third kappa shape index (κ3) is 5.57. The molecule has 3 fully saturated rings. The first-order valence-electron chi connectivity index (χ1n) is 12.9. The zero-order valence-corrected chi connectivity index (χ0v) is 21.7. The molecule has 0 spiro atoms. The van der Waals surface area contributed by atoms with Gasteiger partial charge in [-0.25, -0.2) is 0 Å². The van der Waals surface area contributed by atoms with E-state index in [-0.39, 0.29) is 19.4 Å². The first kappa shape index (κ1) is 28.8. The number of aliphatic hydroxyl groups is 3. The van der Waals surface area contributed by atoms with E-state index in [2.05, 4.69) is 21.3 Å². The van der Waals surface area contributed by atoms with Crippen LogP contribution in [0.4, 0.5) is 0 Å². The molecule has 9 N–H and O–H groups in total. The Hall–Kier alpha value is -2.20. The number of amides is 2. The molecule has 11 atom stereocenters. The van der Waals surface area contributed by atoms with E-state index in [9.17, 15) is 24.9 Å². The third-order valence-corrected chi connectivity index (χ3v) is 7.59. The van der Waals surface area contributed by atoms with Crippen molar-refractivity contribution in [2.75, 3.05) is 20.6 Å². The minimum atomic E-state index is -2.14. The fourth-order valence-electron chi connectivity index (χ4n) is 5.60. The van der Waals surface area contributed by atoms with Crippen molar-refractivity contribution in [2.45, 2.75) is 86.5 Å². The molecule has 13 nitrogen and oxygen atoms in total. The van der Waals surface area contributed by atoms with Gasteiger partial charge in [0.25, 0.3) is 0 Å². The van der Waals surface area contributed by atoms with Crippen LogP contribution in [0.1, 0.15) is 18.9 Å².